The second-order valence-electron chi connectivity index (χ2n) is 13.6. The highest BCUT2D eigenvalue weighted by Crippen LogP contribution is 2.45. The fraction of sp³-hybridized carbons (Fsp3) is 0.400. The summed E-state index contributed by atoms with van der Waals surface area (Å²) in [4.78, 5) is 4.36. The van der Waals surface area contributed by atoms with E-state index in [2.05, 4.69) is 83.9 Å². The van der Waals surface area contributed by atoms with E-state index in [1.807, 2.05) is 50.8 Å². The van der Waals surface area contributed by atoms with Gasteiger partial charge in [0.2, 0.25) is 0 Å². The number of ether oxygens (including phenoxy) is 1. The summed E-state index contributed by atoms with van der Waals surface area (Å²) >= 11 is 13.6. The van der Waals surface area contributed by atoms with Gasteiger partial charge in [-0.15, -0.1) is 0 Å². The number of benzene rings is 3. The molecule has 0 aliphatic heterocycles. The zero-order valence-corrected chi connectivity index (χ0v) is 32.9. The van der Waals surface area contributed by atoms with E-state index in [0.717, 1.165) is 87.0 Å². The Bertz CT molecular complexity index is 2020. The van der Waals surface area contributed by atoms with Crippen LogP contribution in [0.5, 0.6) is 5.75 Å². The lowest BCUT2D eigenvalue weighted by Gasteiger charge is -2.27. The monoisotopic (exact) mass is 730 g/mol. The van der Waals surface area contributed by atoms with Crippen LogP contribution in [0, 0.1) is 27.7 Å². The third-order valence-corrected chi connectivity index (χ3v) is 10.7. The number of amidine groups is 1. The lowest BCUT2D eigenvalue weighted by molar-refractivity contribution is 0.301. The molecule has 3 aromatic carbocycles. The maximum absolute atomic E-state index is 7.15. The molecule has 2 atom stereocenters. The minimum absolute atomic E-state index is 0.126. The van der Waals surface area contributed by atoms with E-state index in [-0.39, 0.29) is 12.0 Å². The van der Waals surface area contributed by atoms with E-state index >= 15 is 0 Å². The molecule has 11 heteroatoms. The second kappa shape index (κ2) is 16.5. The molecule has 1 unspecified atom stereocenters. The lowest BCUT2D eigenvalue weighted by atomic mass is 9.84. The van der Waals surface area contributed by atoms with Gasteiger partial charge in [0.15, 0.2) is 0 Å². The number of likely N-dealkylation sites (N-methyl/N-ethyl adjacent to an activating group) is 1. The van der Waals surface area contributed by atoms with Crippen molar-refractivity contribution in [1.29, 1.82) is 0 Å². The predicted octanol–water partition coefficient (Wildman–Crippen LogP) is 8.16. The first kappa shape index (κ1) is 38.2. The predicted molar refractivity (Wildman–Crippen MR) is 215 cm³/mol. The van der Waals surface area contributed by atoms with Gasteiger partial charge >= 0.3 is 0 Å². The zero-order valence-electron chi connectivity index (χ0n) is 31.3. The van der Waals surface area contributed by atoms with Crippen LogP contribution in [0.4, 0.5) is 5.69 Å². The smallest absolute Gasteiger partial charge is 0.142 e. The molecule has 0 fully saturated rings. The molecule has 0 saturated carbocycles. The summed E-state index contributed by atoms with van der Waals surface area (Å²) in [6.45, 7) is 11.7. The average molecular weight is 732 g/mol. The molecule has 0 radical (unpaired) electrons. The quantitative estimate of drug-likeness (QED) is 0.0302. The minimum Gasteiger partial charge on any atom is -0.494 e. The van der Waals surface area contributed by atoms with E-state index in [0.29, 0.717) is 17.5 Å². The summed E-state index contributed by atoms with van der Waals surface area (Å²) in [7, 11) is 7.80. The zero-order chi connectivity index (χ0) is 37.0. The molecule has 5 aromatic rings. The van der Waals surface area contributed by atoms with Crippen LogP contribution in [0.2, 0.25) is 10.0 Å². The van der Waals surface area contributed by atoms with Crippen molar-refractivity contribution < 1.29 is 4.74 Å². The number of aromatic nitrogens is 3. The summed E-state index contributed by atoms with van der Waals surface area (Å²) in [5.41, 5.74) is 14.4. The van der Waals surface area contributed by atoms with Crippen molar-refractivity contribution in [3.05, 3.63) is 97.9 Å². The standard InChI is InChI=1S/C40H52Cl2N8O/c1-23-17-31(18-24(2)38(23)42)51-16-10-11-28(19-30-22-49(8)35-15-12-29(20-33(30)35)40(45-7)47-43)32-13-14-34(41)37(39(32)46-25(3)21-44-6)36-26(4)48-50(9)27(36)5/h12-15,17-18,20,22,25,28,44,46H,10-11,16,19,21,43H2,1-9H3,(H,45,47)/t25-,28?/m1/s1. The largest absolute Gasteiger partial charge is 0.494 e. The highest BCUT2D eigenvalue weighted by Gasteiger charge is 2.26. The first-order valence-electron chi connectivity index (χ1n) is 17.5. The Labute approximate surface area is 312 Å². The van der Waals surface area contributed by atoms with Crippen LogP contribution in [0.3, 0.4) is 0 Å². The van der Waals surface area contributed by atoms with Crippen LogP contribution in [0.15, 0.2) is 53.7 Å². The molecular weight excluding hydrogens is 679 g/mol. The van der Waals surface area contributed by atoms with Crippen molar-refractivity contribution in [2.45, 2.75) is 65.8 Å². The van der Waals surface area contributed by atoms with Gasteiger partial charge < -0.3 is 25.4 Å². The first-order valence-corrected chi connectivity index (χ1v) is 18.3. The van der Waals surface area contributed by atoms with E-state index in [9.17, 15) is 0 Å². The van der Waals surface area contributed by atoms with E-state index in [4.69, 9.17) is 38.9 Å². The van der Waals surface area contributed by atoms with Crippen LogP contribution in [-0.2, 0) is 20.5 Å². The number of halogens is 2. The van der Waals surface area contributed by atoms with Crippen LogP contribution in [-0.4, -0.2) is 53.5 Å². The van der Waals surface area contributed by atoms with Crippen molar-refractivity contribution in [1.82, 2.24) is 25.1 Å². The summed E-state index contributed by atoms with van der Waals surface area (Å²) in [6, 6.07) is 14.8. The summed E-state index contributed by atoms with van der Waals surface area (Å²) < 4.78 is 10.5. The maximum Gasteiger partial charge on any atom is 0.142 e. The highest BCUT2D eigenvalue weighted by atomic mass is 35.5. The van der Waals surface area contributed by atoms with Gasteiger partial charge in [-0.1, -0.05) is 29.3 Å². The fourth-order valence-electron chi connectivity index (χ4n) is 7.28. The van der Waals surface area contributed by atoms with Crippen LogP contribution < -0.4 is 26.6 Å². The van der Waals surface area contributed by atoms with Gasteiger partial charge in [0.25, 0.3) is 0 Å². The number of nitrogens with zero attached hydrogens (tertiary/aromatic N) is 4. The lowest BCUT2D eigenvalue weighted by Crippen LogP contribution is -2.30. The number of aliphatic imine (C=N–C) groups is 1. The molecule has 2 aromatic heterocycles. The number of hydrazine groups is 1. The Morgan fingerprint density at radius 3 is 2.37 bits per heavy atom. The van der Waals surface area contributed by atoms with Crippen LogP contribution in [0.1, 0.15) is 64.9 Å². The van der Waals surface area contributed by atoms with Gasteiger partial charge in [-0.3, -0.25) is 9.67 Å². The third-order valence-electron chi connectivity index (χ3n) is 9.83. The summed E-state index contributed by atoms with van der Waals surface area (Å²) in [5.74, 6) is 7.44. The van der Waals surface area contributed by atoms with Crippen molar-refractivity contribution in [2.75, 3.05) is 32.6 Å². The second-order valence-corrected chi connectivity index (χ2v) is 14.4. The molecule has 9 nitrogen and oxygen atoms in total. The Morgan fingerprint density at radius 2 is 1.75 bits per heavy atom. The number of anilines is 1. The van der Waals surface area contributed by atoms with Crippen LogP contribution >= 0.6 is 23.2 Å². The molecule has 5 N–H and O–H groups in total. The maximum atomic E-state index is 7.15. The minimum atomic E-state index is 0.126. The Hall–Kier alpha value is -4.02. The van der Waals surface area contributed by atoms with Gasteiger partial charge in [-0.25, -0.2) is 5.84 Å². The molecule has 0 spiro atoms. The van der Waals surface area contributed by atoms with E-state index in [1.54, 1.807) is 7.05 Å². The van der Waals surface area contributed by atoms with Crippen molar-refractivity contribution in [3.8, 4) is 16.9 Å². The Kier molecular flexibility index (Phi) is 12.4. The molecule has 0 aliphatic carbocycles. The average Bonchev–Trinajstić information content (AvgIpc) is 3.54. The number of hydrogen-bond acceptors (Lipinski definition) is 6. The number of aryl methyl sites for hydroxylation is 5. The van der Waals surface area contributed by atoms with Gasteiger partial charge in [-0.2, -0.15) is 5.10 Å². The molecule has 0 saturated heterocycles. The molecule has 0 amide bonds. The number of fused-ring (bicyclic) bond motifs is 1. The first-order chi connectivity index (χ1) is 24.4. The molecule has 0 aliphatic rings. The van der Waals surface area contributed by atoms with Gasteiger partial charge in [0.1, 0.15) is 11.6 Å². The molecule has 0 bridgehead atoms. The van der Waals surface area contributed by atoms with Crippen molar-refractivity contribution in [2.24, 2.45) is 24.9 Å². The van der Waals surface area contributed by atoms with Gasteiger partial charge in [0.05, 0.1) is 17.3 Å². The van der Waals surface area contributed by atoms with Crippen LogP contribution in [0.25, 0.3) is 22.0 Å². The van der Waals surface area contributed by atoms with Crippen molar-refractivity contribution in [3.63, 3.8) is 0 Å². The third kappa shape index (κ3) is 8.23. The Balaban J connectivity index is 1.62. The van der Waals surface area contributed by atoms with Crippen molar-refractivity contribution >= 4 is 45.6 Å². The number of nitrogens with one attached hydrogen (secondary N) is 3. The van der Waals surface area contributed by atoms with Gasteiger partial charge in [-0.05, 0) is 125 Å². The molecule has 51 heavy (non-hydrogen) atoms. The highest BCUT2D eigenvalue weighted by molar-refractivity contribution is 6.34. The fourth-order valence-corrected chi connectivity index (χ4v) is 7.64. The molecular formula is C40H52Cl2N8O. The normalized spacial score (nSPS) is 13.1. The molecule has 2 heterocycles. The number of hydrogen-bond donors (Lipinski definition) is 4. The van der Waals surface area contributed by atoms with Gasteiger partial charge in [0, 0.05) is 83.9 Å². The van der Waals surface area contributed by atoms with E-state index < -0.39 is 0 Å². The van der Waals surface area contributed by atoms with E-state index in [1.165, 1.54) is 16.5 Å². The summed E-state index contributed by atoms with van der Waals surface area (Å²) in [5, 5.41) is 14.6. The number of rotatable bonds is 14. The topological polar surface area (TPSA) is 106 Å². The Morgan fingerprint density at radius 1 is 1.02 bits per heavy atom. The summed E-state index contributed by atoms with van der Waals surface area (Å²) in [6.07, 6.45) is 4.78. The SMILES string of the molecule is CN=C(NN)c1ccc2c(c1)c(CC(CCCOc1cc(C)c(Cl)c(C)c1)c1ccc(Cl)c(-c3c(C)nn(C)c3C)c1N[C@H](C)CNC)cn2C. The number of nitrogens with two attached hydrogens (primary N) is 1. The molecule has 5 rings (SSSR count). The molecule has 272 valence electrons.